The maximum absolute atomic E-state index is 14.4. The highest BCUT2D eigenvalue weighted by atomic mass is 127. The van der Waals surface area contributed by atoms with E-state index in [-0.39, 0.29) is 10.6 Å². The summed E-state index contributed by atoms with van der Waals surface area (Å²) in [5.41, 5.74) is -0.0619. The van der Waals surface area contributed by atoms with E-state index in [0.29, 0.717) is 5.56 Å². The van der Waals surface area contributed by atoms with Crippen LogP contribution in [0.3, 0.4) is 0 Å². The molecule has 26 heavy (non-hydrogen) atoms. The Morgan fingerprint density at radius 1 is 1.23 bits per heavy atom. The van der Waals surface area contributed by atoms with Gasteiger partial charge in [0, 0.05) is 14.2 Å². The first kappa shape index (κ1) is 20.9. The van der Waals surface area contributed by atoms with Crippen molar-refractivity contribution in [2.75, 3.05) is 0 Å². The number of carbonyl (C=O) groups is 1. The van der Waals surface area contributed by atoms with Crippen LogP contribution < -0.4 is 5.32 Å². The van der Waals surface area contributed by atoms with Crippen LogP contribution in [0.2, 0.25) is 5.02 Å². The molecule has 0 aliphatic heterocycles. The van der Waals surface area contributed by atoms with Crippen LogP contribution >= 0.6 is 34.2 Å². The summed E-state index contributed by atoms with van der Waals surface area (Å²) >= 11 is 7.96. The molecule has 2 aromatic rings. The minimum Gasteiger partial charge on any atom is -0.444 e. The predicted octanol–water partition coefficient (Wildman–Crippen LogP) is 5.38. The summed E-state index contributed by atoms with van der Waals surface area (Å²) in [5.74, 6) is -0.622. The second kappa shape index (κ2) is 8.54. The van der Waals surface area contributed by atoms with E-state index in [1.807, 2.05) is 12.1 Å². The number of nitrogens with one attached hydrogen (secondary N) is 1. The van der Waals surface area contributed by atoms with Crippen molar-refractivity contribution in [2.45, 2.75) is 38.5 Å². The van der Waals surface area contributed by atoms with E-state index in [4.69, 9.17) is 16.3 Å². The molecule has 2 aromatic carbocycles. The fourth-order valence-corrected chi connectivity index (χ4v) is 2.89. The molecule has 4 nitrogen and oxygen atoms in total. The molecule has 0 radical (unpaired) electrons. The lowest BCUT2D eigenvalue weighted by atomic mass is 9.95. The zero-order chi connectivity index (χ0) is 19.5. The standard InChI is InChI=1S/C19H20ClFINO3/c1-19(2,3)26-18(25)23-16(14-9-6-12(20)10-15(14)21)17(24)11-4-7-13(22)8-5-11/h4-10,16-17,24H,1-3H3,(H,23,25). The maximum atomic E-state index is 14.4. The fraction of sp³-hybridized carbons (Fsp3) is 0.316. The number of ether oxygens (including phenoxy) is 1. The van der Waals surface area contributed by atoms with Crippen LogP contribution in [0.4, 0.5) is 9.18 Å². The zero-order valence-corrected chi connectivity index (χ0v) is 17.5. The summed E-state index contributed by atoms with van der Waals surface area (Å²) in [6.45, 7) is 5.17. The Hall–Kier alpha value is -1.38. The molecule has 0 bridgehead atoms. The van der Waals surface area contributed by atoms with E-state index in [9.17, 15) is 14.3 Å². The Balaban J connectivity index is 2.37. The molecule has 1 amide bonds. The Morgan fingerprint density at radius 3 is 2.38 bits per heavy atom. The molecular weight excluding hydrogens is 472 g/mol. The third-order valence-electron chi connectivity index (χ3n) is 3.50. The lowest BCUT2D eigenvalue weighted by molar-refractivity contribution is 0.0416. The molecule has 0 saturated heterocycles. The van der Waals surface area contributed by atoms with Gasteiger partial charge in [-0.05, 0) is 73.2 Å². The van der Waals surface area contributed by atoms with Gasteiger partial charge in [0.15, 0.2) is 0 Å². The highest BCUT2D eigenvalue weighted by Gasteiger charge is 2.29. The number of aliphatic hydroxyl groups excluding tert-OH is 1. The van der Waals surface area contributed by atoms with Gasteiger partial charge in [-0.1, -0.05) is 29.8 Å². The van der Waals surface area contributed by atoms with Gasteiger partial charge < -0.3 is 15.2 Å². The number of hydrogen-bond donors (Lipinski definition) is 2. The quantitative estimate of drug-likeness (QED) is 0.565. The summed E-state index contributed by atoms with van der Waals surface area (Å²) in [6, 6.07) is 10.1. The molecule has 0 aliphatic rings. The van der Waals surface area contributed by atoms with Crippen LogP contribution in [0, 0.1) is 9.39 Å². The lowest BCUT2D eigenvalue weighted by Gasteiger charge is -2.27. The summed E-state index contributed by atoms with van der Waals surface area (Å²) in [4.78, 5) is 12.2. The second-order valence-corrected chi connectivity index (χ2v) is 8.47. The molecule has 0 heterocycles. The number of alkyl carbamates (subject to hydrolysis) is 1. The Labute approximate surface area is 170 Å². The minimum atomic E-state index is -1.17. The van der Waals surface area contributed by atoms with Crippen LogP contribution in [0.5, 0.6) is 0 Å². The SMILES string of the molecule is CC(C)(C)OC(=O)NC(c1ccc(Cl)cc1F)C(O)c1ccc(I)cc1. The Bertz CT molecular complexity index is 777. The topological polar surface area (TPSA) is 58.6 Å². The summed E-state index contributed by atoms with van der Waals surface area (Å²) in [5, 5.41) is 13.6. The molecule has 0 spiro atoms. The van der Waals surface area contributed by atoms with Crippen molar-refractivity contribution in [2.24, 2.45) is 0 Å². The predicted molar refractivity (Wildman–Crippen MR) is 108 cm³/mol. The van der Waals surface area contributed by atoms with E-state index < -0.39 is 29.7 Å². The molecular formula is C19H20ClFINO3. The van der Waals surface area contributed by atoms with E-state index in [0.717, 1.165) is 9.64 Å². The van der Waals surface area contributed by atoms with Gasteiger partial charge in [0.2, 0.25) is 0 Å². The minimum absolute atomic E-state index is 0.117. The molecule has 2 rings (SSSR count). The van der Waals surface area contributed by atoms with Gasteiger partial charge in [-0.15, -0.1) is 0 Å². The molecule has 2 atom stereocenters. The molecule has 7 heteroatoms. The van der Waals surface area contributed by atoms with Crippen LogP contribution in [-0.4, -0.2) is 16.8 Å². The van der Waals surface area contributed by atoms with Gasteiger partial charge in [0.1, 0.15) is 17.5 Å². The average molecular weight is 492 g/mol. The normalized spacial score (nSPS) is 13.8. The lowest BCUT2D eigenvalue weighted by Crippen LogP contribution is -2.37. The smallest absolute Gasteiger partial charge is 0.408 e. The first-order valence-corrected chi connectivity index (χ1v) is 9.40. The third-order valence-corrected chi connectivity index (χ3v) is 4.45. The largest absolute Gasteiger partial charge is 0.444 e. The fourth-order valence-electron chi connectivity index (χ4n) is 2.37. The van der Waals surface area contributed by atoms with E-state index in [2.05, 4.69) is 27.9 Å². The second-order valence-electron chi connectivity index (χ2n) is 6.79. The van der Waals surface area contributed by atoms with Crippen LogP contribution in [-0.2, 0) is 4.74 Å². The van der Waals surface area contributed by atoms with E-state index in [1.54, 1.807) is 32.9 Å². The molecule has 2 unspecified atom stereocenters. The molecule has 0 fully saturated rings. The van der Waals surface area contributed by atoms with Gasteiger partial charge in [-0.3, -0.25) is 0 Å². The Kier molecular flexibility index (Phi) is 6.87. The summed E-state index contributed by atoms with van der Waals surface area (Å²) < 4.78 is 20.7. The summed E-state index contributed by atoms with van der Waals surface area (Å²) in [7, 11) is 0. The van der Waals surface area contributed by atoms with E-state index >= 15 is 0 Å². The van der Waals surface area contributed by atoms with E-state index in [1.165, 1.54) is 12.1 Å². The van der Waals surface area contributed by atoms with Crippen molar-refractivity contribution >= 4 is 40.3 Å². The number of rotatable bonds is 4. The van der Waals surface area contributed by atoms with Gasteiger partial charge in [0.05, 0.1) is 6.04 Å². The van der Waals surface area contributed by atoms with Gasteiger partial charge >= 0.3 is 6.09 Å². The number of amides is 1. The number of hydrogen-bond acceptors (Lipinski definition) is 3. The number of carbonyl (C=O) groups excluding carboxylic acids is 1. The van der Waals surface area contributed by atoms with Crippen molar-refractivity contribution in [1.29, 1.82) is 0 Å². The molecule has 2 N–H and O–H groups in total. The first-order chi connectivity index (χ1) is 12.1. The van der Waals surface area contributed by atoms with Crippen LogP contribution in [0.1, 0.15) is 44.0 Å². The van der Waals surface area contributed by atoms with Gasteiger partial charge in [-0.2, -0.15) is 0 Å². The third kappa shape index (κ3) is 5.82. The average Bonchev–Trinajstić information content (AvgIpc) is 2.51. The highest BCUT2D eigenvalue weighted by molar-refractivity contribution is 14.1. The van der Waals surface area contributed by atoms with Crippen LogP contribution in [0.15, 0.2) is 42.5 Å². The van der Waals surface area contributed by atoms with Crippen molar-refractivity contribution < 1.29 is 19.0 Å². The molecule has 0 aliphatic carbocycles. The Morgan fingerprint density at radius 2 is 1.85 bits per heavy atom. The van der Waals surface area contributed by atoms with Crippen LogP contribution in [0.25, 0.3) is 0 Å². The summed E-state index contributed by atoms with van der Waals surface area (Å²) in [6.07, 6.45) is -1.92. The zero-order valence-electron chi connectivity index (χ0n) is 14.6. The van der Waals surface area contributed by atoms with Crippen molar-refractivity contribution in [3.05, 3.63) is 68.0 Å². The number of aliphatic hydroxyl groups is 1. The van der Waals surface area contributed by atoms with Crippen molar-refractivity contribution in [3.63, 3.8) is 0 Å². The maximum Gasteiger partial charge on any atom is 0.408 e. The van der Waals surface area contributed by atoms with Crippen molar-refractivity contribution in [1.82, 2.24) is 5.32 Å². The number of benzene rings is 2. The van der Waals surface area contributed by atoms with Gasteiger partial charge in [-0.25, -0.2) is 9.18 Å². The molecule has 0 saturated carbocycles. The monoisotopic (exact) mass is 491 g/mol. The molecule has 0 aromatic heterocycles. The highest BCUT2D eigenvalue weighted by Crippen LogP contribution is 2.32. The van der Waals surface area contributed by atoms with Crippen molar-refractivity contribution in [3.8, 4) is 0 Å². The number of halogens is 3. The molecule has 140 valence electrons. The first-order valence-electron chi connectivity index (χ1n) is 7.95. The van der Waals surface area contributed by atoms with Gasteiger partial charge in [0.25, 0.3) is 0 Å².